The largest absolute Gasteiger partial charge is 0.368 e. The number of rotatable bonds is 4. The molecule has 0 unspecified atom stereocenters. The molecule has 0 bridgehead atoms. The molecule has 3 aliphatic rings. The highest BCUT2D eigenvalue weighted by atomic mass is 16.5. The van der Waals surface area contributed by atoms with Crippen molar-refractivity contribution >= 4 is 8.41 Å². The first-order valence-electron chi connectivity index (χ1n) is 9.41. The van der Waals surface area contributed by atoms with Crippen LogP contribution in [0.25, 0.3) is 0 Å². The smallest absolute Gasteiger partial charge is 0.0881 e. The lowest BCUT2D eigenvalue weighted by Crippen LogP contribution is -2.48. The highest BCUT2D eigenvalue weighted by Crippen LogP contribution is 2.62. The molecule has 4 rings (SSSR count). The van der Waals surface area contributed by atoms with Gasteiger partial charge in [0.15, 0.2) is 0 Å². The van der Waals surface area contributed by atoms with Gasteiger partial charge in [0.25, 0.3) is 0 Å². The minimum atomic E-state index is 0. The van der Waals surface area contributed by atoms with E-state index in [1.165, 1.54) is 24.9 Å². The van der Waals surface area contributed by atoms with Crippen molar-refractivity contribution in [3.63, 3.8) is 0 Å². The maximum absolute atomic E-state index is 6.76. The highest BCUT2D eigenvalue weighted by Gasteiger charge is 2.69. The van der Waals surface area contributed by atoms with Gasteiger partial charge in [-0.1, -0.05) is 51.1 Å². The molecule has 5 atom stereocenters. The second-order valence-electron chi connectivity index (χ2n) is 8.70. The molecule has 0 spiro atoms. The van der Waals surface area contributed by atoms with Crippen molar-refractivity contribution < 1.29 is 4.74 Å². The monoisotopic (exact) mass is 324 g/mol. The van der Waals surface area contributed by atoms with Gasteiger partial charge in [-0.25, -0.2) is 0 Å². The second-order valence-corrected chi connectivity index (χ2v) is 8.70. The summed E-state index contributed by atoms with van der Waals surface area (Å²) in [7, 11) is 0. The molecule has 2 aliphatic heterocycles. The Morgan fingerprint density at radius 2 is 1.92 bits per heavy atom. The van der Waals surface area contributed by atoms with Crippen molar-refractivity contribution in [1.29, 1.82) is 0 Å². The average Bonchev–Trinajstić information content (AvgIpc) is 3.09. The van der Waals surface area contributed by atoms with Gasteiger partial charge < -0.3 is 4.74 Å². The van der Waals surface area contributed by atoms with Crippen molar-refractivity contribution in [2.75, 3.05) is 13.1 Å². The van der Waals surface area contributed by atoms with Gasteiger partial charge >= 0.3 is 0 Å². The second kappa shape index (κ2) is 6.18. The van der Waals surface area contributed by atoms with Crippen molar-refractivity contribution in [1.82, 2.24) is 4.90 Å². The van der Waals surface area contributed by atoms with Crippen LogP contribution >= 0.6 is 0 Å². The summed E-state index contributed by atoms with van der Waals surface area (Å²) < 4.78 is 6.76. The normalized spacial score (nSPS) is 40.8. The summed E-state index contributed by atoms with van der Waals surface area (Å²) in [5, 5.41) is 0. The molecule has 129 valence electrons. The summed E-state index contributed by atoms with van der Waals surface area (Å²) in [6, 6.07) is 10.7. The molecule has 1 aromatic carbocycles. The zero-order valence-electron chi connectivity index (χ0n) is 15.7. The van der Waals surface area contributed by atoms with E-state index in [2.05, 4.69) is 62.9 Å². The van der Waals surface area contributed by atoms with E-state index in [4.69, 9.17) is 4.74 Å². The van der Waals surface area contributed by atoms with E-state index in [0.29, 0.717) is 17.4 Å². The molecular weight excluding hydrogens is 293 g/mol. The van der Waals surface area contributed by atoms with Gasteiger partial charge in [0.2, 0.25) is 0 Å². The van der Waals surface area contributed by atoms with E-state index in [-0.39, 0.29) is 14.0 Å². The number of benzene rings is 1. The Kier molecular flexibility index (Phi) is 4.64. The zero-order valence-corrected chi connectivity index (χ0v) is 15.7. The molecular formula is C21H31BNO. The van der Waals surface area contributed by atoms with Crippen LogP contribution in [0.4, 0.5) is 0 Å². The Balaban J connectivity index is 0.00000169. The minimum absolute atomic E-state index is 0. The fourth-order valence-electron chi connectivity index (χ4n) is 6.25. The summed E-state index contributed by atoms with van der Waals surface area (Å²) in [6.07, 6.45) is 2.73. The molecule has 1 saturated carbocycles. The van der Waals surface area contributed by atoms with Crippen molar-refractivity contribution in [2.45, 2.75) is 58.3 Å². The lowest BCUT2D eigenvalue weighted by Gasteiger charge is -2.41. The Morgan fingerprint density at radius 1 is 1.21 bits per heavy atom. The Bertz CT molecular complexity index is 576. The molecule has 2 saturated heterocycles. The lowest BCUT2D eigenvalue weighted by atomic mass is 9.72. The van der Waals surface area contributed by atoms with E-state index < -0.39 is 0 Å². The SMILES string of the molecule is CC(C)[C@@]1(OCc2ccccc2)CN2C[C@@H](C)[C@@H]3CC[C@H]1[C@@]32C.[B]. The first kappa shape index (κ1) is 18.0. The highest BCUT2D eigenvalue weighted by molar-refractivity contribution is 5.75. The first-order chi connectivity index (χ1) is 11.0. The molecule has 3 heteroatoms. The molecule has 3 fully saturated rings. The molecule has 0 aromatic heterocycles. The van der Waals surface area contributed by atoms with E-state index in [1.54, 1.807) is 0 Å². The molecule has 0 N–H and O–H groups in total. The number of hydrogen-bond donors (Lipinski definition) is 0. The molecule has 1 aliphatic carbocycles. The Hall–Kier alpha value is -0.795. The quantitative estimate of drug-likeness (QED) is 0.777. The molecule has 1 aromatic rings. The van der Waals surface area contributed by atoms with Gasteiger partial charge in [0.1, 0.15) is 0 Å². The van der Waals surface area contributed by atoms with E-state index >= 15 is 0 Å². The fourth-order valence-corrected chi connectivity index (χ4v) is 6.25. The molecule has 3 radical (unpaired) electrons. The number of hydrogen-bond acceptors (Lipinski definition) is 2. The van der Waals surface area contributed by atoms with E-state index in [0.717, 1.165) is 25.0 Å². The predicted molar refractivity (Wildman–Crippen MR) is 99.9 cm³/mol. The number of nitrogens with zero attached hydrogens (tertiary/aromatic N) is 1. The third-order valence-electron chi connectivity index (χ3n) is 7.45. The summed E-state index contributed by atoms with van der Waals surface area (Å²) in [6.45, 7) is 12.9. The summed E-state index contributed by atoms with van der Waals surface area (Å²) in [5.74, 6) is 2.97. The van der Waals surface area contributed by atoms with Gasteiger partial charge in [-0.05, 0) is 43.1 Å². The van der Waals surface area contributed by atoms with Crippen LogP contribution in [0.2, 0.25) is 0 Å². The Morgan fingerprint density at radius 3 is 2.58 bits per heavy atom. The average molecular weight is 324 g/mol. The van der Waals surface area contributed by atoms with Gasteiger partial charge in [0.05, 0.1) is 12.2 Å². The Labute approximate surface area is 149 Å². The van der Waals surface area contributed by atoms with Crippen LogP contribution in [-0.4, -0.2) is 37.5 Å². The van der Waals surface area contributed by atoms with Crippen molar-refractivity contribution in [2.24, 2.45) is 23.7 Å². The van der Waals surface area contributed by atoms with Gasteiger partial charge in [0, 0.05) is 33.0 Å². The molecule has 0 amide bonds. The standard InChI is InChI=1S/C21H31NO.B/c1-15(2)21(23-13-17-8-6-5-7-9-17)14-22-12-16(3)18-10-11-19(21)20(18,22)4;/h5-9,15-16,18-19H,10-14H2,1-4H3;/t16-,18+,19+,20-,21+;/m1./s1. The maximum Gasteiger partial charge on any atom is 0.0881 e. The van der Waals surface area contributed by atoms with E-state index in [9.17, 15) is 0 Å². The molecule has 2 nitrogen and oxygen atoms in total. The summed E-state index contributed by atoms with van der Waals surface area (Å²) in [4.78, 5) is 2.78. The van der Waals surface area contributed by atoms with Gasteiger partial charge in [-0.15, -0.1) is 0 Å². The van der Waals surface area contributed by atoms with Gasteiger partial charge in [-0.2, -0.15) is 0 Å². The minimum Gasteiger partial charge on any atom is -0.368 e. The third kappa shape index (κ3) is 2.31. The van der Waals surface area contributed by atoms with Crippen LogP contribution in [0.15, 0.2) is 30.3 Å². The molecule has 2 heterocycles. The van der Waals surface area contributed by atoms with Crippen LogP contribution in [0.3, 0.4) is 0 Å². The predicted octanol–water partition coefficient (Wildman–Crippen LogP) is 3.97. The fraction of sp³-hybridized carbons (Fsp3) is 0.714. The zero-order chi connectivity index (χ0) is 16.2. The van der Waals surface area contributed by atoms with Crippen molar-refractivity contribution in [3.8, 4) is 0 Å². The summed E-state index contributed by atoms with van der Waals surface area (Å²) in [5.41, 5.74) is 1.70. The third-order valence-corrected chi connectivity index (χ3v) is 7.45. The topological polar surface area (TPSA) is 12.5 Å². The van der Waals surface area contributed by atoms with Crippen LogP contribution < -0.4 is 0 Å². The van der Waals surface area contributed by atoms with Crippen molar-refractivity contribution in [3.05, 3.63) is 35.9 Å². The van der Waals surface area contributed by atoms with Crippen LogP contribution in [-0.2, 0) is 11.3 Å². The lowest BCUT2D eigenvalue weighted by molar-refractivity contribution is -0.111. The van der Waals surface area contributed by atoms with Crippen LogP contribution in [0, 0.1) is 23.7 Å². The van der Waals surface area contributed by atoms with Crippen LogP contribution in [0.1, 0.15) is 46.1 Å². The number of ether oxygens (including phenoxy) is 1. The van der Waals surface area contributed by atoms with Crippen LogP contribution in [0.5, 0.6) is 0 Å². The van der Waals surface area contributed by atoms with Gasteiger partial charge in [-0.3, -0.25) is 4.90 Å². The maximum atomic E-state index is 6.76. The van der Waals surface area contributed by atoms with E-state index in [1.807, 2.05) is 0 Å². The molecule has 24 heavy (non-hydrogen) atoms. The first-order valence-corrected chi connectivity index (χ1v) is 9.41. The summed E-state index contributed by atoms with van der Waals surface area (Å²) >= 11 is 0.